The highest BCUT2D eigenvalue weighted by atomic mass is 35.5. The Morgan fingerprint density at radius 2 is 1.80 bits per heavy atom. The third kappa shape index (κ3) is 4.61. The lowest BCUT2D eigenvalue weighted by Gasteiger charge is -2.09. The highest BCUT2D eigenvalue weighted by Crippen LogP contribution is 2.27. The Balaban J connectivity index is 1.62. The molecule has 0 saturated heterocycles. The number of rotatable bonds is 5. The van der Waals surface area contributed by atoms with E-state index in [-0.39, 0.29) is 11.2 Å². The molecule has 0 radical (unpaired) electrons. The molecule has 0 spiro atoms. The van der Waals surface area contributed by atoms with Crippen molar-refractivity contribution < 1.29 is 9.21 Å². The van der Waals surface area contributed by atoms with Gasteiger partial charge in [0.05, 0.1) is 5.25 Å². The number of halogens is 1. The number of anilines is 1. The van der Waals surface area contributed by atoms with E-state index in [4.69, 9.17) is 16.0 Å². The first-order valence-electron chi connectivity index (χ1n) is 7.65. The van der Waals surface area contributed by atoms with Crippen LogP contribution in [0.3, 0.4) is 0 Å². The van der Waals surface area contributed by atoms with Crippen LogP contribution in [0.1, 0.15) is 12.5 Å². The topological polar surface area (TPSA) is 68.0 Å². The molecule has 0 bridgehead atoms. The predicted molar refractivity (Wildman–Crippen MR) is 99.9 cm³/mol. The van der Waals surface area contributed by atoms with Crippen LogP contribution < -0.4 is 5.32 Å². The number of aryl methyl sites for hydroxylation is 1. The summed E-state index contributed by atoms with van der Waals surface area (Å²) in [5.41, 5.74) is 2.70. The Labute approximate surface area is 154 Å². The zero-order valence-corrected chi connectivity index (χ0v) is 15.3. The van der Waals surface area contributed by atoms with E-state index in [1.807, 2.05) is 31.2 Å². The van der Waals surface area contributed by atoms with Crippen molar-refractivity contribution in [3.8, 4) is 11.5 Å². The van der Waals surface area contributed by atoms with Gasteiger partial charge in [0.25, 0.3) is 5.22 Å². The summed E-state index contributed by atoms with van der Waals surface area (Å²) in [7, 11) is 0. The number of aromatic nitrogens is 2. The lowest BCUT2D eigenvalue weighted by atomic mass is 10.1. The molecule has 5 nitrogen and oxygen atoms in total. The summed E-state index contributed by atoms with van der Waals surface area (Å²) < 4.78 is 5.64. The second kappa shape index (κ2) is 7.72. The van der Waals surface area contributed by atoms with E-state index in [1.165, 1.54) is 11.8 Å². The molecule has 0 aliphatic heterocycles. The van der Waals surface area contributed by atoms with Crippen LogP contribution in [-0.2, 0) is 4.79 Å². The van der Waals surface area contributed by atoms with Gasteiger partial charge in [-0.1, -0.05) is 41.1 Å². The van der Waals surface area contributed by atoms with Gasteiger partial charge in [0.2, 0.25) is 11.8 Å². The smallest absolute Gasteiger partial charge is 0.277 e. The van der Waals surface area contributed by atoms with Crippen LogP contribution in [0.25, 0.3) is 11.5 Å². The van der Waals surface area contributed by atoms with E-state index in [9.17, 15) is 4.79 Å². The Bertz CT molecular complexity index is 863. The molecule has 7 heteroatoms. The average Bonchev–Trinajstić information content (AvgIpc) is 3.06. The van der Waals surface area contributed by atoms with Crippen LogP contribution in [0, 0.1) is 6.92 Å². The Hall–Kier alpha value is -2.31. The Morgan fingerprint density at radius 1 is 1.12 bits per heavy atom. The fourth-order valence-corrected chi connectivity index (χ4v) is 2.86. The molecule has 2 aromatic carbocycles. The van der Waals surface area contributed by atoms with Crippen LogP contribution in [0.5, 0.6) is 0 Å². The van der Waals surface area contributed by atoms with E-state index in [0.29, 0.717) is 21.8 Å². The number of benzene rings is 2. The number of amides is 1. The quantitative estimate of drug-likeness (QED) is 0.649. The van der Waals surface area contributed by atoms with Gasteiger partial charge < -0.3 is 9.73 Å². The lowest BCUT2D eigenvalue weighted by molar-refractivity contribution is -0.115. The van der Waals surface area contributed by atoms with Crippen molar-refractivity contribution in [2.75, 3.05) is 5.32 Å². The number of hydrogen-bond donors (Lipinski definition) is 1. The van der Waals surface area contributed by atoms with Gasteiger partial charge in [0.15, 0.2) is 0 Å². The van der Waals surface area contributed by atoms with Crippen LogP contribution >= 0.6 is 23.4 Å². The summed E-state index contributed by atoms with van der Waals surface area (Å²) in [6.07, 6.45) is 0. The fourth-order valence-electron chi connectivity index (χ4n) is 2.05. The lowest BCUT2D eigenvalue weighted by Crippen LogP contribution is -2.22. The van der Waals surface area contributed by atoms with Crippen LogP contribution in [0.4, 0.5) is 5.69 Å². The van der Waals surface area contributed by atoms with Gasteiger partial charge in [-0.15, -0.1) is 10.2 Å². The Morgan fingerprint density at radius 3 is 2.48 bits per heavy atom. The minimum atomic E-state index is -0.387. The molecule has 1 amide bonds. The molecule has 3 rings (SSSR count). The zero-order valence-electron chi connectivity index (χ0n) is 13.7. The van der Waals surface area contributed by atoms with Gasteiger partial charge in [-0.2, -0.15) is 0 Å². The number of nitrogens with one attached hydrogen (secondary N) is 1. The number of hydrogen-bond acceptors (Lipinski definition) is 5. The zero-order chi connectivity index (χ0) is 17.8. The van der Waals surface area contributed by atoms with Crippen LogP contribution in [-0.4, -0.2) is 21.4 Å². The molecular weight excluding hydrogens is 358 g/mol. The van der Waals surface area contributed by atoms with E-state index < -0.39 is 0 Å². The molecule has 128 valence electrons. The highest BCUT2D eigenvalue weighted by molar-refractivity contribution is 8.00. The minimum Gasteiger partial charge on any atom is -0.411 e. The summed E-state index contributed by atoms with van der Waals surface area (Å²) in [6.45, 7) is 3.80. The van der Waals surface area contributed by atoms with Crippen LogP contribution in [0.15, 0.2) is 58.2 Å². The van der Waals surface area contributed by atoms with Gasteiger partial charge >= 0.3 is 0 Å². The summed E-state index contributed by atoms with van der Waals surface area (Å²) in [4.78, 5) is 12.3. The van der Waals surface area contributed by atoms with Gasteiger partial charge in [0.1, 0.15) is 0 Å². The first-order valence-corrected chi connectivity index (χ1v) is 8.90. The van der Waals surface area contributed by atoms with E-state index >= 15 is 0 Å². The fraction of sp³-hybridized carbons (Fsp3) is 0.167. The molecule has 0 unspecified atom stereocenters. The highest BCUT2D eigenvalue weighted by Gasteiger charge is 2.19. The number of carbonyl (C=O) groups excluding carboxylic acids is 1. The molecule has 3 aromatic rings. The standard InChI is InChI=1S/C18H16ClN3O2S/c1-11-3-5-13(6-4-11)17-21-22-18(24-17)25-12(2)16(23)20-15-9-7-14(19)8-10-15/h3-10,12H,1-2H3,(H,20,23)/t12-/m0/s1. The van der Waals surface area contributed by atoms with Gasteiger partial charge in [-0.25, -0.2) is 0 Å². The van der Waals surface area contributed by atoms with Gasteiger partial charge in [-0.3, -0.25) is 4.79 Å². The molecule has 25 heavy (non-hydrogen) atoms. The Kier molecular flexibility index (Phi) is 5.40. The molecule has 0 aliphatic carbocycles. The molecule has 0 aliphatic rings. The number of nitrogens with zero attached hydrogens (tertiary/aromatic N) is 2. The van der Waals surface area contributed by atoms with Crippen molar-refractivity contribution >= 4 is 35.0 Å². The SMILES string of the molecule is Cc1ccc(-c2nnc(S[C@@H](C)C(=O)Nc3ccc(Cl)cc3)o2)cc1. The number of carbonyl (C=O) groups is 1. The normalized spacial score (nSPS) is 12.0. The molecule has 0 fully saturated rings. The molecule has 1 atom stereocenters. The molecular formula is C18H16ClN3O2S. The summed E-state index contributed by atoms with van der Waals surface area (Å²) in [5.74, 6) is 0.287. The monoisotopic (exact) mass is 373 g/mol. The van der Waals surface area contributed by atoms with E-state index in [2.05, 4.69) is 15.5 Å². The van der Waals surface area contributed by atoms with E-state index in [1.54, 1.807) is 31.2 Å². The van der Waals surface area contributed by atoms with Crippen molar-refractivity contribution in [3.05, 3.63) is 59.1 Å². The van der Waals surface area contributed by atoms with Crippen molar-refractivity contribution in [1.29, 1.82) is 0 Å². The second-order valence-electron chi connectivity index (χ2n) is 5.50. The van der Waals surface area contributed by atoms with E-state index in [0.717, 1.165) is 11.1 Å². The maximum absolute atomic E-state index is 12.3. The molecule has 0 saturated carbocycles. The third-order valence-corrected chi connectivity index (χ3v) is 4.65. The predicted octanol–water partition coefficient (Wildman–Crippen LogP) is 4.82. The second-order valence-corrected chi connectivity index (χ2v) is 7.22. The van der Waals surface area contributed by atoms with Crippen molar-refractivity contribution in [1.82, 2.24) is 10.2 Å². The van der Waals surface area contributed by atoms with Crippen molar-refractivity contribution in [2.45, 2.75) is 24.3 Å². The maximum atomic E-state index is 12.3. The number of thioether (sulfide) groups is 1. The first-order chi connectivity index (χ1) is 12.0. The summed E-state index contributed by atoms with van der Waals surface area (Å²) >= 11 is 7.05. The minimum absolute atomic E-state index is 0.151. The van der Waals surface area contributed by atoms with Gasteiger partial charge in [0, 0.05) is 16.3 Å². The third-order valence-electron chi connectivity index (χ3n) is 3.46. The molecule has 1 N–H and O–H groups in total. The van der Waals surface area contributed by atoms with Crippen molar-refractivity contribution in [2.24, 2.45) is 0 Å². The molecule has 1 heterocycles. The largest absolute Gasteiger partial charge is 0.411 e. The van der Waals surface area contributed by atoms with Crippen LogP contribution in [0.2, 0.25) is 5.02 Å². The maximum Gasteiger partial charge on any atom is 0.277 e. The molecule has 1 aromatic heterocycles. The average molecular weight is 374 g/mol. The summed E-state index contributed by atoms with van der Waals surface area (Å²) in [6, 6.07) is 14.8. The summed E-state index contributed by atoms with van der Waals surface area (Å²) in [5, 5.41) is 11.5. The first kappa shape index (κ1) is 17.5. The van der Waals surface area contributed by atoms with Crippen molar-refractivity contribution in [3.63, 3.8) is 0 Å². The van der Waals surface area contributed by atoms with Gasteiger partial charge in [-0.05, 0) is 50.2 Å².